The van der Waals surface area contributed by atoms with E-state index in [2.05, 4.69) is 10.2 Å². The third-order valence-electron chi connectivity index (χ3n) is 4.53. The van der Waals surface area contributed by atoms with Gasteiger partial charge in [0.2, 0.25) is 5.91 Å². The Labute approximate surface area is 110 Å². The minimum atomic E-state index is -0.898. The monoisotopic (exact) mass is 254 g/mol. The first-order valence-electron chi connectivity index (χ1n) is 7.35. The van der Waals surface area contributed by atoms with Crippen LogP contribution in [0.2, 0.25) is 0 Å². The lowest BCUT2D eigenvalue weighted by molar-refractivity contribution is -0.129. The number of hydrogen-bond acceptors (Lipinski definition) is 3. The van der Waals surface area contributed by atoms with Crippen molar-refractivity contribution in [1.29, 1.82) is 0 Å². The van der Waals surface area contributed by atoms with Crippen LogP contribution in [0.1, 0.15) is 51.9 Å². The summed E-state index contributed by atoms with van der Waals surface area (Å²) in [6, 6.07) is 0. The van der Waals surface area contributed by atoms with Crippen LogP contribution in [-0.4, -0.2) is 47.2 Å². The number of nitrogens with one attached hydrogen (secondary N) is 1. The summed E-state index contributed by atoms with van der Waals surface area (Å²) in [6.45, 7) is 4.57. The molecule has 2 rings (SSSR count). The molecule has 1 unspecified atom stereocenters. The molecule has 1 atom stereocenters. The van der Waals surface area contributed by atoms with Gasteiger partial charge in [-0.1, -0.05) is 19.3 Å². The Hall–Kier alpha value is -0.610. The molecule has 1 aliphatic heterocycles. The van der Waals surface area contributed by atoms with Crippen LogP contribution in [-0.2, 0) is 4.79 Å². The van der Waals surface area contributed by atoms with Gasteiger partial charge < -0.3 is 10.4 Å². The molecule has 18 heavy (non-hydrogen) atoms. The van der Waals surface area contributed by atoms with E-state index in [4.69, 9.17) is 0 Å². The molecule has 2 fully saturated rings. The molecule has 1 saturated heterocycles. The lowest BCUT2D eigenvalue weighted by atomic mass is 9.92. The quantitative estimate of drug-likeness (QED) is 0.794. The number of amides is 1. The van der Waals surface area contributed by atoms with Crippen molar-refractivity contribution in [2.75, 3.05) is 19.6 Å². The van der Waals surface area contributed by atoms with Gasteiger partial charge in [0.15, 0.2) is 0 Å². The first-order valence-corrected chi connectivity index (χ1v) is 7.35. The summed E-state index contributed by atoms with van der Waals surface area (Å²) in [7, 11) is 0. The van der Waals surface area contributed by atoms with E-state index in [-0.39, 0.29) is 11.4 Å². The van der Waals surface area contributed by atoms with Crippen molar-refractivity contribution in [2.24, 2.45) is 0 Å². The van der Waals surface area contributed by atoms with Gasteiger partial charge >= 0.3 is 0 Å². The van der Waals surface area contributed by atoms with Crippen LogP contribution in [0.25, 0.3) is 0 Å². The highest BCUT2D eigenvalue weighted by atomic mass is 16.3. The van der Waals surface area contributed by atoms with E-state index >= 15 is 0 Å². The minimum absolute atomic E-state index is 0.172. The maximum Gasteiger partial charge on any atom is 0.248 e. The average molecular weight is 254 g/mol. The molecule has 1 heterocycles. The van der Waals surface area contributed by atoms with E-state index in [0.717, 1.165) is 0 Å². The molecule has 1 aliphatic carbocycles. The van der Waals surface area contributed by atoms with Gasteiger partial charge in [0.1, 0.15) is 6.10 Å². The van der Waals surface area contributed by atoms with E-state index in [9.17, 15) is 9.90 Å². The topological polar surface area (TPSA) is 52.6 Å². The smallest absolute Gasteiger partial charge is 0.248 e. The largest absolute Gasteiger partial charge is 0.384 e. The molecule has 2 aliphatic rings. The summed E-state index contributed by atoms with van der Waals surface area (Å²) in [5.74, 6) is -0.238. The van der Waals surface area contributed by atoms with Gasteiger partial charge in [-0.2, -0.15) is 0 Å². The lowest BCUT2D eigenvalue weighted by Gasteiger charge is -2.43. The van der Waals surface area contributed by atoms with Crippen molar-refractivity contribution in [3.05, 3.63) is 0 Å². The third-order valence-corrected chi connectivity index (χ3v) is 4.53. The number of nitrogens with zero attached hydrogens (tertiary/aromatic N) is 1. The fourth-order valence-corrected chi connectivity index (χ4v) is 3.41. The molecule has 0 aromatic heterocycles. The molecule has 0 spiro atoms. The van der Waals surface area contributed by atoms with Crippen molar-refractivity contribution in [2.45, 2.75) is 63.5 Å². The molecule has 4 nitrogen and oxygen atoms in total. The highest BCUT2D eigenvalue weighted by Gasteiger charge is 2.40. The van der Waals surface area contributed by atoms with Crippen LogP contribution in [0.4, 0.5) is 0 Å². The molecule has 0 aromatic carbocycles. The molecule has 1 amide bonds. The zero-order valence-corrected chi connectivity index (χ0v) is 11.5. The second-order valence-electron chi connectivity index (χ2n) is 5.87. The predicted molar refractivity (Wildman–Crippen MR) is 71.3 cm³/mol. The van der Waals surface area contributed by atoms with Crippen molar-refractivity contribution in [3.63, 3.8) is 0 Å². The molecule has 0 aromatic rings. The van der Waals surface area contributed by atoms with Crippen LogP contribution >= 0.6 is 0 Å². The first kappa shape index (κ1) is 13.8. The third kappa shape index (κ3) is 3.04. The van der Waals surface area contributed by atoms with Crippen molar-refractivity contribution >= 4 is 5.91 Å². The lowest BCUT2D eigenvalue weighted by Crippen LogP contribution is -2.56. The number of aliphatic hydroxyl groups is 1. The summed E-state index contributed by atoms with van der Waals surface area (Å²) in [4.78, 5) is 14.1. The van der Waals surface area contributed by atoms with E-state index < -0.39 is 6.10 Å². The van der Waals surface area contributed by atoms with Gasteiger partial charge in [-0.15, -0.1) is 0 Å². The van der Waals surface area contributed by atoms with Gasteiger partial charge in [-0.05, 0) is 45.7 Å². The molecule has 2 N–H and O–H groups in total. The van der Waals surface area contributed by atoms with Gasteiger partial charge in [-0.3, -0.25) is 9.69 Å². The van der Waals surface area contributed by atoms with E-state index in [0.29, 0.717) is 6.54 Å². The van der Waals surface area contributed by atoms with Crippen LogP contribution in [0.15, 0.2) is 0 Å². The average Bonchev–Trinajstić information content (AvgIpc) is 2.87. The normalized spacial score (nSPS) is 25.9. The Kier molecular flexibility index (Phi) is 4.62. The van der Waals surface area contributed by atoms with Gasteiger partial charge in [0.05, 0.1) is 0 Å². The summed E-state index contributed by atoms with van der Waals surface area (Å²) >= 11 is 0. The Balaban J connectivity index is 1.95. The van der Waals surface area contributed by atoms with Crippen molar-refractivity contribution in [1.82, 2.24) is 10.2 Å². The minimum Gasteiger partial charge on any atom is -0.384 e. The highest BCUT2D eigenvalue weighted by molar-refractivity contribution is 5.80. The Morgan fingerprint density at radius 3 is 2.39 bits per heavy atom. The summed E-state index contributed by atoms with van der Waals surface area (Å²) in [6.07, 6.45) is 7.91. The fraction of sp³-hybridized carbons (Fsp3) is 0.929. The number of hydrogen-bond donors (Lipinski definition) is 2. The second kappa shape index (κ2) is 6.02. The van der Waals surface area contributed by atoms with Crippen LogP contribution in [0, 0.1) is 0 Å². The fourth-order valence-electron chi connectivity index (χ4n) is 3.41. The van der Waals surface area contributed by atoms with Crippen molar-refractivity contribution < 1.29 is 9.90 Å². The molecular formula is C14H26N2O2. The number of carbonyl (C=O) groups excluding carboxylic acids is 1. The van der Waals surface area contributed by atoms with Crippen LogP contribution < -0.4 is 5.32 Å². The Morgan fingerprint density at radius 1 is 1.22 bits per heavy atom. The van der Waals surface area contributed by atoms with E-state index in [1.54, 1.807) is 0 Å². The van der Waals surface area contributed by atoms with Gasteiger partial charge in [0, 0.05) is 12.1 Å². The van der Waals surface area contributed by atoms with Crippen LogP contribution in [0.3, 0.4) is 0 Å². The zero-order valence-electron chi connectivity index (χ0n) is 11.5. The summed E-state index contributed by atoms with van der Waals surface area (Å²) < 4.78 is 0. The molecule has 1 saturated carbocycles. The molecule has 0 bridgehead atoms. The maximum atomic E-state index is 11.5. The standard InChI is InChI=1S/C14H26N2O2/c1-12(17)13(18)15-11-14(7-3-4-8-14)16-9-5-2-6-10-16/h12,17H,2-11H2,1H3,(H,15,18). The van der Waals surface area contributed by atoms with E-state index in [1.165, 1.54) is 65.0 Å². The molecular weight excluding hydrogens is 228 g/mol. The SMILES string of the molecule is CC(O)C(=O)NCC1(N2CCCCC2)CCCC1. The maximum absolute atomic E-state index is 11.5. The number of carbonyl (C=O) groups is 1. The molecule has 104 valence electrons. The first-order chi connectivity index (χ1) is 8.64. The van der Waals surface area contributed by atoms with Gasteiger partial charge in [0.25, 0.3) is 0 Å². The van der Waals surface area contributed by atoms with Crippen LogP contribution in [0.5, 0.6) is 0 Å². The van der Waals surface area contributed by atoms with Gasteiger partial charge in [-0.25, -0.2) is 0 Å². The summed E-state index contributed by atoms with van der Waals surface area (Å²) in [5.41, 5.74) is 0.172. The number of likely N-dealkylation sites (tertiary alicyclic amines) is 1. The zero-order chi connectivity index (χ0) is 13.0. The highest BCUT2D eigenvalue weighted by Crippen LogP contribution is 2.36. The number of piperidine rings is 1. The number of aliphatic hydroxyl groups excluding tert-OH is 1. The number of rotatable bonds is 4. The second-order valence-corrected chi connectivity index (χ2v) is 5.87. The Bertz CT molecular complexity index is 280. The van der Waals surface area contributed by atoms with E-state index in [1.807, 2.05) is 0 Å². The summed E-state index contributed by atoms with van der Waals surface area (Å²) in [5, 5.41) is 12.2. The molecule has 4 heteroatoms. The Morgan fingerprint density at radius 2 is 1.83 bits per heavy atom. The molecule has 0 radical (unpaired) electrons. The predicted octanol–water partition coefficient (Wildman–Crippen LogP) is 1.28. The van der Waals surface area contributed by atoms with Crippen molar-refractivity contribution in [3.8, 4) is 0 Å².